The fourth-order valence-corrected chi connectivity index (χ4v) is 8.76. The molecule has 0 spiro atoms. The topological polar surface area (TPSA) is 62.4 Å². The minimum absolute atomic E-state index is 0.573. The highest BCUT2D eigenvalue weighted by Gasteiger charge is 2.20. The molecule has 0 fully saturated rings. The molecular weight excluding hydrogens is 671 g/mol. The van der Waals surface area contributed by atoms with Crippen molar-refractivity contribution in [3.05, 3.63) is 187 Å². The Morgan fingerprint density at radius 1 is 0.364 bits per heavy atom. The Balaban J connectivity index is 1.12. The molecule has 0 amide bonds. The Kier molecular flexibility index (Phi) is 6.61. The molecule has 5 nitrogen and oxygen atoms in total. The molecule has 0 aliphatic rings. The van der Waals surface area contributed by atoms with Crippen molar-refractivity contribution < 1.29 is 0 Å². The van der Waals surface area contributed by atoms with Gasteiger partial charge in [0.25, 0.3) is 0 Å². The van der Waals surface area contributed by atoms with E-state index in [-0.39, 0.29) is 0 Å². The van der Waals surface area contributed by atoms with E-state index in [2.05, 4.69) is 159 Å². The first-order chi connectivity index (χ1) is 27.2. The van der Waals surface area contributed by atoms with Crippen LogP contribution in [0.4, 0.5) is 0 Å². The summed E-state index contributed by atoms with van der Waals surface area (Å²) in [6.07, 6.45) is 0. The summed E-state index contributed by atoms with van der Waals surface area (Å²) in [5, 5.41) is 27.2. The molecule has 0 unspecified atom stereocenters. The Morgan fingerprint density at radius 3 is 1.47 bits per heavy atom. The highest BCUT2D eigenvalue weighted by molar-refractivity contribution is 6.13. The van der Waals surface area contributed by atoms with Crippen LogP contribution in [0.15, 0.2) is 176 Å². The maximum Gasteiger partial charge on any atom is 0.101 e. The molecule has 8 aromatic carbocycles. The predicted molar refractivity (Wildman–Crippen MR) is 224 cm³/mol. The quantitative estimate of drug-likeness (QED) is 0.184. The smallest absolute Gasteiger partial charge is 0.101 e. The number of benzene rings is 8. The number of nitrogens with zero attached hydrogens (tertiary/aromatic N) is 5. The predicted octanol–water partition coefficient (Wildman–Crippen LogP) is 12.4. The van der Waals surface area contributed by atoms with Crippen LogP contribution in [-0.4, -0.2) is 13.7 Å². The third kappa shape index (κ3) is 4.45. The molecule has 3 heterocycles. The van der Waals surface area contributed by atoms with Crippen LogP contribution < -0.4 is 0 Å². The minimum atomic E-state index is 0.573. The molecule has 0 saturated heterocycles. The Labute approximate surface area is 316 Å². The van der Waals surface area contributed by atoms with Gasteiger partial charge in [0.2, 0.25) is 0 Å². The monoisotopic (exact) mass is 699 g/mol. The fraction of sp³-hybridized carbons (Fsp3) is 0. The highest BCUT2D eigenvalue weighted by Crippen LogP contribution is 2.40. The van der Waals surface area contributed by atoms with Crippen molar-refractivity contribution in [3.8, 4) is 40.3 Å². The van der Waals surface area contributed by atoms with Gasteiger partial charge in [-0.2, -0.15) is 10.5 Å². The van der Waals surface area contributed by atoms with Gasteiger partial charge in [0.05, 0.1) is 56.0 Å². The van der Waals surface area contributed by atoms with Crippen molar-refractivity contribution in [1.29, 1.82) is 10.5 Å². The van der Waals surface area contributed by atoms with Crippen molar-refractivity contribution in [2.75, 3.05) is 0 Å². The minimum Gasteiger partial charge on any atom is -0.309 e. The van der Waals surface area contributed by atoms with E-state index in [1.165, 1.54) is 32.6 Å². The molecule has 0 saturated carbocycles. The Hall–Kier alpha value is -7.86. The highest BCUT2D eigenvalue weighted by atomic mass is 15.0. The summed E-state index contributed by atoms with van der Waals surface area (Å²) in [5.41, 5.74) is 12.6. The average Bonchev–Trinajstić information content (AvgIpc) is 3.89. The number of para-hydroxylation sites is 5. The number of rotatable bonds is 4. The van der Waals surface area contributed by atoms with E-state index in [1.54, 1.807) is 0 Å². The molecule has 5 heteroatoms. The van der Waals surface area contributed by atoms with Crippen LogP contribution in [0.3, 0.4) is 0 Å². The molecular formula is C50H29N5. The SMILES string of the molecule is N#Cc1ccc(-n2c3ccccc3c3cccc(C#N)c32)c(-c2ccc(-n3c4ccccc4c4ccc(-n5c6ccccc6c6ccccc65)cc43)cc2)c1. The van der Waals surface area contributed by atoms with Gasteiger partial charge in [-0.1, -0.05) is 103 Å². The van der Waals surface area contributed by atoms with E-state index >= 15 is 0 Å². The fourth-order valence-electron chi connectivity index (χ4n) is 8.76. The van der Waals surface area contributed by atoms with Gasteiger partial charge < -0.3 is 13.7 Å². The number of hydrogen-bond donors (Lipinski definition) is 0. The summed E-state index contributed by atoms with van der Waals surface area (Å²) < 4.78 is 6.90. The Morgan fingerprint density at radius 2 is 0.873 bits per heavy atom. The second-order valence-corrected chi connectivity index (χ2v) is 14.0. The van der Waals surface area contributed by atoms with E-state index < -0.39 is 0 Å². The standard InChI is InChI=1S/C50H29N5/c51-30-32-20-27-48(55-47-19-8-4-14-40(47)42-15-9-10-34(31-52)50(42)55)43(28-32)33-21-23-35(24-22-33)53-44-16-5-3-13-39(44)41-26-25-36(29-49(41)53)54-45-17-6-1-11-37(45)38-12-2-7-18-46(38)54/h1-29H. The number of aromatic nitrogens is 3. The van der Waals surface area contributed by atoms with Crippen LogP contribution in [0.5, 0.6) is 0 Å². The first-order valence-corrected chi connectivity index (χ1v) is 18.3. The lowest BCUT2D eigenvalue weighted by molar-refractivity contribution is 1.15. The van der Waals surface area contributed by atoms with Crippen molar-refractivity contribution in [2.24, 2.45) is 0 Å². The molecule has 0 N–H and O–H groups in total. The molecule has 0 radical (unpaired) electrons. The lowest BCUT2D eigenvalue weighted by Gasteiger charge is -2.16. The number of nitriles is 2. The van der Waals surface area contributed by atoms with Crippen LogP contribution in [0.25, 0.3) is 93.6 Å². The van der Waals surface area contributed by atoms with Gasteiger partial charge >= 0.3 is 0 Å². The summed E-state index contributed by atoms with van der Waals surface area (Å²) in [6, 6.07) is 66.0. The van der Waals surface area contributed by atoms with E-state index in [1.807, 2.05) is 42.5 Å². The van der Waals surface area contributed by atoms with Crippen molar-refractivity contribution in [1.82, 2.24) is 13.7 Å². The zero-order chi connectivity index (χ0) is 36.6. The third-order valence-corrected chi connectivity index (χ3v) is 11.1. The maximum absolute atomic E-state index is 10.2. The molecule has 254 valence electrons. The Bertz CT molecular complexity index is 3400. The van der Waals surface area contributed by atoms with Crippen LogP contribution in [-0.2, 0) is 0 Å². The van der Waals surface area contributed by atoms with E-state index in [9.17, 15) is 10.5 Å². The maximum atomic E-state index is 10.2. The van der Waals surface area contributed by atoms with Gasteiger partial charge in [0, 0.05) is 49.3 Å². The van der Waals surface area contributed by atoms with Crippen LogP contribution in [0.2, 0.25) is 0 Å². The molecule has 11 aromatic rings. The van der Waals surface area contributed by atoms with Crippen LogP contribution in [0, 0.1) is 22.7 Å². The summed E-state index contributed by atoms with van der Waals surface area (Å²) in [5.74, 6) is 0. The first-order valence-electron chi connectivity index (χ1n) is 18.3. The number of fused-ring (bicyclic) bond motifs is 9. The van der Waals surface area contributed by atoms with Crippen LogP contribution >= 0.6 is 0 Å². The van der Waals surface area contributed by atoms with Gasteiger partial charge in [0.15, 0.2) is 0 Å². The summed E-state index contributed by atoms with van der Waals surface area (Å²) in [7, 11) is 0. The largest absolute Gasteiger partial charge is 0.309 e. The van der Waals surface area contributed by atoms with Gasteiger partial charge in [-0.05, 0) is 78.4 Å². The van der Waals surface area contributed by atoms with Crippen molar-refractivity contribution in [3.63, 3.8) is 0 Å². The molecule has 0 atom stereocenters. The molecule has 0 bridgehead atoms. The zero-order valence-electron chi connectivity index (χ0n) is 29.5. The molecule has 0 aliphatic carbocycles. The van der Waals surface area contributed by atoms with E-state index in [0.29, 0.717) is 11.1 Å². The zero-order valence-corrected chi connectivity index (χ0v) is 29.5. The lowest BCUT2D eigenvalue weighted by Crippen LogP contribution is -2.00. The van der Waals surface area contributed by atoms with Gasteiger partial charge in [-0.15, -0.1) is 0 Å². The van der Waals surface area contributed by atoms with E-state index in [0.717, 1.165) is 61.0 Å². The summed E-state index contributed by atoms with van der Waals surface area (Å²) in [6.45, 7) is 0. The lowest BCUT2D eigenvalue weighted by atomic mass is 10.00. The van der Waals surface area contributed by atoms with Crippen LogP contribution in [0.1, 0.15) is 11.1 Å². The van der Waals surface area contributed by atoms with Crippen molar-refractivity contribution >= 4 is 65.4 Å². The normalized spacial score (nSPS) is 11.6. The van der Waals surface area contributed by atoms with Gasteiger partial charge in [-0.3, -0.25) is 0 Å². The first kappa shape index (κ1) is 30.7. The second-order valence-electron chi connectivity index (χ2n) is 14.0. The molecule has 0 aliphatic heterocycles. The molecule has 11 rings (SSSR count). The third-order valence-electron chi connectivity index (χ3n) is 11.1. The second kappa shape index (κ2) is 11.8. The van der Waals surface area contributed by atoms with Gasteiger partial charge in [0.1, 0.15) is 6.07 Å². The molecule has 3 aromatic heterocycles. The summed E-state index contributed by atoms with van der Waals surface area (Å²) >= 11 is 0. The summed E-state index contributed by atoms with van der Waals surface area (Å²) in [4.78, 5) is 0. The van der Waals surface area contributed by atoms with E-state index in [4.69, 9.17) is 0 Å². The van der Waals surface area contributed by atoms with Gasteiger partial charge in [-0.25, -0.2) is 0 Å². The average molecular weight is 700 g/mol. The molecule has 55 heavy (non-hydrogen) atoms. The van der Waals surface area contributed by atoms with Crippen molar-refractivity contribution in [2.45, 2.75) is 0 Å². The number of hydrogen-bond acceptors (Lipinski definition) is 2.